The van der Waals surface area contributed by atoms with Crippen LogP contribution in [0.25, 0.3) is 0 Å². The molecule has 0 bridgehead atoms. The van der Waals surface area contributed by atoms with E-state index in [1.54, 1.807) is 0 Å². The first-order valence-corrected chi connectivity index (χ1v) is 7.23. The van der Waals surface area contributed by atoms with Gasteiger partial charge in [0.2, 0.25) is 0 Å². The third-order valence-corrected chi connectivity index (χ3v) is 4.53. The molecule has 0 aliphatic carbocycles. The minimum atomic E-state index is 0.454. The van der Waals surface area contributed by atoms with Gasteiger partial charge in [-0.05, 0) is 38.4 Å². The fourth-order valence-corrected chi connectivity index (χ4v) is 3.34. The standard InChI is InChI=1S/C15H23N3/c1-13(15-7-2-4-8-16-15)18-11-10-17-9-5-3-6-14(17)12-18/h2,4,7-8,13-14H,3,5-6,9-12H2,1H3/t13-,14-/m0/s1. The van der Waals surface area contributed by atoms with Gasteiger partial charge in [-0.2, -0.15) is 0 Å². The molecule has 3 rings (SSSR count). The third kappa shape index (κ3) is 2.43. The Kier molecular flexibility index (Phi) is 3.62. The van der Waals surface area contributed by atoms with Crippen LogP contribution in [0, 0.1) is 0 Å². The molecule has 2 fully saturated rings. The molecule has 0 aromatic carbocycles. The third-order valence-electron chi connectivity index (χ3n) is 4.53. The molecule has 0 unspecified atom stereocenters. The molecule has 0 spiro atoms. The topological polar surface area (TPSA) is 19.4 Å². The number of nitrogens with zero attached hydrogens (tertiary/aromatic N) is 3. The number of piperidine rings is 1. The summed E-state index contributed by atoms with van der Waals surface area (Å²) in [5.41, 5.74) is 1.21. The van der Waals surface area contributed by atoms with Crippen molar-refractivity contribution in [3.63, 3.8) is 0 Å². The first kappa shape index (κ1) is 12.1. The monoisotopic (exact) mass is 245 g/mol. The van der Waals surface area contributed by atoms with Crippen molar-refractivity contribution in [3.8, 4) is 0 Å². The van der Waals surface area contributed by atoms with Crippen LogP contribution in [0.1, 0.15) is 37.9 Å². The predicted molar refractivity (Wildman–Crippen MR) is 73.4 cm³/mol. The highest BCUT2D eigenvalue weighted by Gasteiger charge is 2.31. The zero-order valence-corrected chi connectivity index (χ0v) is 11.3. The van der Waals surface area contributed by atoms with Gasteiger partial charge < -0.3 is 0 Å². The molecule has 0 saturated carbocycles. The maximum absolute atomic E-state index is 4.50. The molecule has 1 aromatic rings. The van der Waals surface area contributed by atoms with Crippen LogP contribution in [0.3, 0.4) is 0 Å². The fourth-order valence-electron chi connectivity index (χ4n) is 3.34. The molecule has 3 heterocycles. The molecule has 0 N–H and O–H groups in total. The Bertz CT molecular complexity index is 379. The Labute approximate surface area is 110 Å². The van der Waals surface area contributed by atoms with Crippen LogP contribution in [0.2, 0.25) is 0 Å². The molecule has 1 aromatic heterocycles. The Balaban J connectivity index is 1.67. The average Bonchev–Trinajstić information content (AvgIpc) is 2.47. The second-order valence-electron chi connectivity index (χ2n) is 5.61. The number of rotatable bonds is 2. The van der Waals surface area contributed by atoms with Gasteiger partial charge in [0.05, 0.1) is 5.69 Å². The van der Waals surface area contributed by atoms with E-state index in [-0.39, 0.29) is 0 Å². The van der Waals surface area contributed by atoms with E-state index in [9.17, 15) is 0 Å². The van der Waals surface area contributed by atoms with Crippen molar-refractivity contribution >= 4 is 0 Å². The molecule has 18 heavy (non-hydrogen) atoms. The lowest BCUT2D eigenvalue weighted by atomic mass is 9.98. The summed E-state index contributed by atoms with van der Waals surface area (Å²) < 4.78 is 0. The smallest absolute Gasteiger partial charge is 0.0572 e. The summed E-state index contributed by atoms with van der Waals surface area (Å²) in [5, 5.41) is 0. The highest BCUT2D eigenvalue weighted by atomic mass is 15.3. The van der Waals surface area contributed by atoms with E-state index < -0.39 is 0 Å². The fraction of sp³-hybridized carbons (Fsp3) is 0.667. The van der Waals surface area contributed by atoms with Crippen molar-refractivity contribution in [3.05, 3.63) is 30.1 Å². The molecule has 98 valence electrons. The summed E-state index contributed by atoms with van der Waals surface area (Å²) in [6.45, 7) is 7.26. The first-order valence-electron chi connectivity index (χ1n) is 7.23. The minimum absolute atomic E-state index is 0.454. The Morgan fingerprint density at radius 1 is 1.22 bits per heavy atom. The van der Waals surface area contributed by atoms with Crippen LogP contribution in [0.4, 0.5) is 0 Å². The second kappa shape index (κ2) is 5.37. The van der Waals surface area contributed by atoms with Crippen molar-refractivity contribution in [2.75, 3.05) is 26.2 Å². The van der Waals surface area contributed by atoms with Crippen molar-refractivity contribution in [1.29, 1.82) is 0 Å². The Morgan fingerprint density at radius 2 is 2.17 bits per heavy atom. The second-order valence-corrected chi connectivity index (χ2v) is 5.61. The Morgan fingerprint density at radius 3 is 3.00 bits per heavy atom. The summed E-state index contributed by atoms with van der Waals surface area (Å²) in [6, 6.07) is 7.48. The molecular formula is C15H23N3. The van der Waals surface area contributed by atoms with Gasteiger partial charge in [0.15, 0.2) is 0 Å². The minimum Gasteiger partial charge on any atom is -0.298 e. The molecule has 2 saturated heterocycles. The number of hydrogen-bond donors (Lipinski definition) is 0. The Hall–Kier alpha value is -0.930. The van der Waals surface area contributed by atoms with Gasteiger partial charge in [-0.3, -0.25) is 14.8 Å². The molecule has 2 aliphatic rings. The molecular weight excluding hydrogens is 222 g/mol. The van der Waals surface area contributed by atoms with E-state index in [1.807, 2.05) is 12.3 Å². The van der Waals surface area contributed by atoms with Crippen molar-refractivity contribution < 1.29 is 0 Å². The summed E-state index contributed by atoms with van der Waals surface area (Å²) >= 11 is 0. The number of aromatic nitrogens is 1. The largest absolute Gasteiger partial charge is 0.298 e. The highest BCUT2D eigenvalue weighted by Crippen LogP contribution is 2.26. The van der Waals surface area contributed by atoms with E-state index in [2.05, 4.69) is 33.8 Å². The van der Waals surface area contributed by atoms with Crippen LogP contribution in [0.15, 0.2) is 24.4 Å². The molecule has 0 amide bonds. The predicted octanol–water partition coefficient (Wildman–Crippen LogP) is 2.31. The van der Waals surface area contributed by atoms with Crippen LogP contribution < -0.4 is 0 Å². The quantitative estimate of drug-likeness (QED) is 0.797. The summed E-state index contributed by atoms with van der Waals surface area (Å²) in [7, 11) is 0. The van der Waals surface area contributed by atoms with Gasteiger partial charge in [0.1, 0.15) is 0 Å². The first-order chi connectivity index (χ1) is 8.84. The number of fused-ring (bicyclic) bond motifs is 1. The lowest BCUT2D eigenvalue weighted by molar-refractivity contribution is 0.0299. The summed E-state index contributed by atoms with van der Waals surface area (Å²) in [6.07, 6.45) is 6.09. The maximum atomic E-state index is 4.50. The molecule has 2 aliphatic heterocycles. The van der Waals surface area contributed by atoms with Gasteiger partial charge in [0, 0.05) is 37.9 Å². The summed E-state index contributed by atoms with van der Waals surface area (Å²) in [5.74, 6) is 0. The SMILES string of the molecule is C[C@@H](c1ccccn1)N1CCN2CCCC[C@H]2C1. The number of piperazine rings is 1. The van der Waals surface area contributed by atoms with E-state index in [1.165, 1.54) is 51.1 Å². The number of hydrogen-bond acceptors (Lipinski definition) is 3. The zero-order chi connectivity index (χ0) is 12.4. The zero-order valence-electron chi connectivity index (χ0n) is 11.3. The summed E-state index contributed by atoms with van der Waals surface area (Å²) in [4.78, 5) is 9.79. The van der Waals surface area contributed by atoms with Gasteiger partial charge in [-0.15, -0.1) is 0 Å². The van der Waals surface area contributed by atoms with E-state index in [4.69, 9.17) is 0 Å². The van der Waals surface area contributed by atoms with Crippen LogP contribution in [-0.2, 0) is 0 Å². The van der Waals surface area contributed by atoms with E-state index >= 15 is 0 Å². The van der Waals surface area contributed by atoms with Gasteiger partial charge in [-0.25, -0.2) is 0 Å². The molecule has 2 atom stereocenters. The van der Waals surface area contributed by atoms with Crippen molar-refractivity contribution in [2.24, 2.45) is 0 Å². The van der Waals surface area contributed by atoms with Gasteiger partial charge in [0.25, 0.3) is 0 Å². The van der Waals surface area contributed by atoms with Crippen molar-refractivity contribution in [2.45, 2.75) is 38.3 Å². The van der Waals surface area contributed by atoms with Crippen LogP contribution in [-0.4, -0.2) is 47.0 Å². The molecule has 3 nitrogen and oxygen atoms in total. The average molecular weight is 245 g/mol. The lowest BCUT2D eigenvalue weighted by Gasteiger charge is -2.45. The highest BCUT2D eigenvalue weighted by molar-refractivity contribution is 5.08. The van der Waals surface area contributed by atoms with Crippen molar-refractivity contribution in [1.82, 2.24) is 14.8 Å². The van der Waals surface area contributed by atoms with Gasteiger partial charge >= 0.3 is 0 Å². The normalized spacial score (nSPS) is 27.7. The van der Waals surface area contributed by atoms with Crippen LogP contribution in [0.5, 0.6) is 0 Å². The lowest BCUT2D eigenvalue weighted by Crippen LogP contribution is -2.55. The van der Waals surface area contributed by atoms with Gasteiger partial charge in [-0.1, -0.05) is 12.5 Å². The van der Waals surface area contributed by atoms with E-state index in [0.29, 0.717) is 6.04 Å². The molecule has 3 heteroatoms. The number of pyridine rings is 1. The van der Waals surface area contributed by atoms with Crippen LogP contribution >= 0.6 is 0 Å². The van der Waals surface area contributed by atoms with E-state index in [0.717, 1.165) is 6.04 Å². The maximum Gasteiger partial charge on any atom is 0.0572 e. The molecule has 0 radical (unpaired) electrons.